The van der Waals surface area contributed by atoms with E-state index < -0.39 is 11.6 Å². The number of halogens is 2. The van der Waals surface area contributed by atoms with Gasteiger partial charge in [-0.1, -0.05) is 18.2 Å². The molecule has 0 bridgehead atoms. The summed E-state index contributed by atoms with van der Waals surface area (Å²) in [6, 6.07) is 13.9. The van der Waals surface area contributed by atoms with Crippen LogP contribution >= 0.6 is 0 Å². The highest BCUT2D eigenvalue weighted by molar-refractivity contribution is 5.92. The second kappa shape index (κ2) is 8.27. The van der Waals surface area contributed by atoms with Crippen molar-refractivity contribution in [1.29, 1.82) is 0 Å². The molecule has 3 rings (SSSR count). The topological polar surface area (TPSA) is 63.2 Å². The fourth-order valence-corrected chi connectivity index (χ4v) is 2.38. The molecule has 3 aromatic rings. The third-order valence-electron chi connectivity index (χ3n) is 3.84. The molecular formula is C20H17F2N3O2. The molecule has 1 heterocycles. The molecule has 2 aromatic carbocycles. The van der Waals surface area contributed by atoms with Gasteiger partial charge in [-0.25, -0.2) is 13.8 Å². The van der Waals surface area contributed by atoms with Gasteiger partial charge in [0.1, 0.15) is 28.8 Å². The van der Waals surface area contributed by atoms with Crippen LogP contribution in [0.25, 0.3) is 0 Å². The first-order valence-corrected chi connectivity index (χ1v) is 8.15. The molecule has 0 atom stereocenters. The van der Waals surface area contributed by atoms with Gasteiger partial charge in [0.15, 0.2) is 0 Å². The van der Waals surface area contributed by atoms with Gasteiger partial charge in [-0.3, -0.25) is 4.79 Å². The fourth-order valence-electron chi connectivity index (χ4n) is 2.38. The maximum atomic E-state index is 13.7. The van der Waals surface area contributed by atoms with Crippen LogP contribution in [0, 0.1) is 11.6 Å². The Hall–Kier alpha value is -3.48. The highest BCUT2D eigenvalue weighted by Crippen LogP contribution is 2.22. The van der Waals surface area contributed by atoms with Gasteiger partial charge in [0.05, 0.1) is 19.0 Å². The van der Waals surface area contributed by atoms with E-state index in [1.165, 1.54) is 24.4 Å². The van der Waals surface area contributed by atoms with E-state index in [2.05, 4.69) is 15.6 Å². The molecule has 27 heavy (non-hydrogen) atoms. The Labute approximate surface area is 155 Å². The number of carbonyl (C=O) groups is 1. The molecule has 0 radical (unpaired) electrons. The van der Waals surface area contributed by atoms with Crippen molar-refractivity contribution in [2.75, 3.05) is 12.4 Å². The second-order valence-electron chi connectivity index (χ2n) is 5.68. The highest BCUT2D eigenvalue weighted by Gasteiger charge is 2.10. The molecule has 0 aliphatic carbocycles. The predicted octanol–water partition coefficient (Wildman–Crippen LogP) is 4.04. The van der Waals surface area contributed by atoms with Crippen LogP contribution in [0.1, 0.15) is 16.1 Å². The van der Waals surface area contributed by atoms with E-state index >= 15 is 0 Å². The zero-order valence-electron chi connectivity index (χ0n) is 14.5. The number of para-hydroxylation sites is 1. The summed E-state index contributed by atoms with van der Waals surface area (Å²) in [7, 11) is 1.58. The standard InChI is InChI=1S/C20H17F2N3O2/c1-27-15-8-5-13(6-9-15)11-24-20(26)18-10-7-14(12-23-18)25-19-16(21)3-2-4-17(19)22/h2-10,12,25H,11H2,1H3,(H,24,26). The van der Waals surface area contributed by atoms with E-state index in [0.717, 1.165) is 23.4 Å². The van der Waals surface area contributed by atoms with Crippen molar-refractivity contribution in [2.24, 2.45) is 0 Å². The first-order valence-electron chi connectivity index (χ1n) is 8.15. The first-order chi connectivity index (χ1) is 13.1. The molecule has 1 aromatic heterocycles. The van der Waals surface area contributed by atoms with E-state index in [0.29, 0.717) is 12.2 Å². The van der Waals surface area contributed by atoms with Gasteiger partial charge in [-0.15, -0.1) is 0 Å². The normalized spacial score (nSPS) is 10.3. The Bertz CT molecular complexity index is 909. The van der Waals surface area contributed by atoms with Crippen molar-refractivity contribution in [3.8, 4) is 5.75 Å². The number of pyridine rings is 1. The number of amides is 1. The Balaban J connectivity index is 1.61. The number of hydrogen-bond acceptors (Lipinski definition) is 4. The van der Waals surface area contributed by atoms with Gasteiger partial charge >= 0.3 is 0 Å². The lowest BCUT2D eigenvalue weighted by Gasteiger charge is -2.09. The molecule has 0 aliphatic heterocycles. The quantitative estimate of drug-likeness (QED) is 0.688. The lowest BCUT2D eigenvalue weighted by atomic mass is 10.2. The highest BCUT2D eigenvalue weighted by atomic mass is 19.1. The molecule has 1 amide bonds. The summed E-state index contributed by atoms with van der Waals surface area (Å²) in [5.74, 6) is -1.04. The average molecular weight is 369 g/mol. The number of ether oxygens (including phenoxy) is 1. The summed E-state index contributed by atoms with van der Waals surface area (Å²) in [5.41, 5.74) is 1.21. The number of benzene rings is 2. The minimum absolute atomic E-state index is 0.197. The molecule has 0 aliphatic rings. The van der Waals surface area contributed by atoms with E-state index in [4.69, 9.17) is 4.74 Å². The van der Waals surface area contributed by atoms with Gasteiger partial charge in [-0.2, -0.15) is 0 Å². The maximum absolute atomic E-state index is 13.7. The summed E-state index contributed by atoms with van der Waals surface area (Å²) < 4.78 is 32.4. The minimum atomic E-state index is -0.712. The van der Waals surface area contributed by atoms with Gasteiger partial charge in [0, 0.05) is 6.54 Å². The molecular weight excluding hydrogens is 352 g/mol. The Morgan fingerprint density at radius 2 is 1.74 bits per heavy atom. The SMILES string of the molecule is COc1ccc(CNC(=O)c2ccc(Nc3c(F)cccc3F)cn2)cc1. The monoisotopic (exact) mass is 369 g/mol. The zero-order chi connectivity index (χ0) is 19.2. The fraction of sp³-hybridized carbons (Fsp3) is 0.100. The van der Waals surface area contributed by atoms with Crippen molar-refractivity contribution < 1.29 is 18.3 Å². The average Bonchev–Trinajstić information content (AvgIpc) is 2.70. The number of nitrogens with zero attached hydrogens (tertiary/aromatic N) is 1. The number of aromatic nitrogens is 1. The number of nitrogens with one attached hydrogen (secondary N) is 2. The predicted molar refractivity (Wildman–Crippen MR) is 98.0 cm³/mol. The number of hydrogen-bond donors (Lipinski definition) is 2. The Morgan fingerprint density at radius 3 is 2.33 bits per heavy atom. The van der Waals surface area contributed by atoms with Crippen LogP contribution in [0.2, 0.25) is 0 Å². The first kappa shape index (κ1) is 18.3. The molecule has 138 valence electrons. The molecule has 0 fully saturated rings. The number of rotatable bonds is 6. The largest absolute Gasteiger partial charge is 0.497 e. The van der Waals surface area contributed by atoms with E-state index in [-0.39, 0.29) is 17.3 Å². The van der Waals surface area contributed by atoms with Crippen LogP contribution in [-0.4, -0.2) is 18.0 Å². The molecule has 0 saturated heterocycles. The van der Waals surface area contributed by atoms with Crippen LogP contribution < -0.4 is 15.4 Å². The van der Waals surface area contributed by atoms with Crippen LogP contribution in [0.3, 0.4) is 0 Å². The summed E-state index contributed by atoms with van der Waals surface area (Å²) in [6.07, 6.45) is 1.34. The van der Waals surface area contributed by atoms with Crippen LogP contribution in [0.15, 0.2) is 60.8 Å². The lowest BCUT2D eigenvalue weighted by molar-refractivity contribution is 0.0946. The van der Waals surface area contributed by atoms with Gasteiger partial charge in [0.2, 0.25) is 0 Å². The Kier molecular flexibility index (Phi) is 5.61. The van der Waals surface area contributed by atoms with Crippen molar-refractivity contribution in [3.05, 3.63) is 83.7 Å². The third kappa shape index (κ3) is 4.58. The van der Waals surface area contributed by atoms with Gasteiger partial charge in [-0.05, 0) is 42.0 Å². The molecule has 0 spiro atoms. The van der Waals surface area contributed by atoms with Crippen LogP contribution in [-0.2, 0) is 6.54 Å². The number of anilines is 2. The van der Waals surface area contributed by atoms with Crippen molar-refractivity contribution >= 4 is 17.3 Å². The van der Waals surface area contributed by atoms with Crippen molar-refractivity contribution in [3.63, 3.8) is 0 Å². The van der Waals surface area contributed by atoms with Crippen molar-refractivity contribution in [2.45, 2.75) is 6.54 Å². The maximum Gasteiger partial charge on any atom is 0.270 e. The second-order valence-corrected chi connectivity index (χ2v) is 5.68. The zero-order valence-corrected chi connectivity index (χ0v) is 14.5. The van der Waals surface area contributed by atoms with Gasteiger partial charge in [0.25, 0.3) is 5.91 Å². The summed E-state index contributed by atoms with van der Waals surface area (Å²) in [5, 5.41) is 5.38. The van der Waals surface area contributed by atoms with Crippen molar-refractivity contribution in [1.82, 2.24) is 10.3 Å². The third-order valence-corrected chi connectivity index (χ3v) is 3.84. The van der Waals surface area contributed by atoms with E-state index in [1.54, 1.807) is 7.11 Å². The molecule has 2 N–H and O–H groups in total. The summed E-state index contributed by atoms with van der Waals surface area (Å²) in [6.45, 7) is 0.338. The Morgan fingerprint density at radius 1 is 1.04 bits per heavy atom. The summed E-state index contributed by atoms with van der Waals surface area (Å²) >= 11 is 0. The van der Waals surface area contributed by atoms with Crippen LogP contribution in [0.4, 0.5) is 20.2 Å². The molecule has 5 nitrogen and oxygen atoms in total. The smallest absolute Gasteiger partial charge is 0.270 e. The molecule has 0 saturated carbocycles. The molecule has 7 heteroatoms. The van der Waals surface area contributed by atoms with E-state index in [1.807, 2.05) is 24.3 Å². The number of methoxy groups -OCH3 is 1. The van der Waals surface area contributed by atoms with Crippen LogP contribution in [0.5, 0.6) is 5.75 Å². The summed E-state index contributed by atoms with van der Waals surface area (Å²) in [4.78, 5) is 16.2. The van der Waals surface area contributed by atoms with Gasteiger partial charge < -0.3 is 15.4 Å². The lowest BCUT2D eigenvalue weighted by Crippen LogP contribution is -2.23. The molecule has 0 unspecified atom stereocenters. The number of carbonyl (C=O) groups excluding carboxylic acids is 1. The van der Waals surface area contributed by atoms with E-state index in [9.17, 15) is 13.6 Å². The minimum Gasteiger partial charge on any atom is -0.497 e.